The number of benzene rings is 2. The van der Waals surface area contributed by atoms with Crippen LogP contribution < -0.4 is 5.32 Å². The van der Waals surface area contributed by atoms with Crippen LogP contribution in [-0.4, -0.2) is 28.4 Å². The van der Waals surface area contributed by atoms with E-state index in [-0.39, 0.29) is 5.91 Å². The zero-order chi connectivity index (χ0) is 20.9. The number of aromatic nitrogens is 2. The highest BCUT2D eigenvalue weighted by Crippen LogP contribution is 2.23. The lowest BCUT2D eigenvalue weighted by Gasteiger charge is -2.07. The van der Waals surface area contributed by atoms with Crippen LogP contribution in [-0.2, 0) is 10.5 Å². The highest BCUT2D eigenvalue weighted by Gasteiger charge is 2.09. The van der Waals surface area contributed by atoms with Crippen LogP contribution in [0.1, 0.15) is 26.4 Å². The molecule has 6 nitrogen and oxygen atoms in total. The average molecular weight is 417 g/mol. The fraction of sp³-hybridized carbons (Fsp3) is 0.0870. The van der Waals surface area contributed by atoms with Gasteiger partial charge < -0.3 is 14.5 Å². The topological polar surface area (TPSA) is 72.7 Å². The van der Waals surface area contributed by atoms with Crippen molar-refractivity contribution in [2.24, 2.45) is 0 Å². The molecular weight excluding hydrogens is 398 g/mol. The lowest BCUT2D eigenvalue weighted by atomic mass is 10.2. The van der Waals surface area contributed by atoms with Crippen molar-refractivity contribution in [3.8, 4) is 0 Å². The Morgan fingerprint density at radius 3 is 2.43 bits per heavy atom. The van der Waals surface area contributed by atoms with Crippen LogP contribution in [0.2, 0.25) is 0 Å². The van der Waals surface area contributed by atoms with Gasteiger partial charge in [-0.2, -0.15) is 0 Å². The number of imidazole rings is 1. The summed E-state index contributed by atoms with van der Waals surface area (Å²) in [5.74, 6) is 0.127. The number of esters is 1. The number of nitrogens with one attached hydrogen (secondary N) is 1. The monoisotopic (exact) mass is 417 g/mol. The van der Waals surface area contributed by atoms with E-state index in [9.17, 15) is 9.59 Å². The first-order valence-electron chi connectivity index (χ1n) is 9.27. The predicted molar refractivity (Wildman–Crippen MR) is 117 cm³/mol. The van der Waals surface area contributed by atoms with Crippen molar-refractivity contribution in [1.29, 1.82) is 0 Å². The van der Waals surface area contributed by atoms with Crippen molar-refractivity contribution < 1.29 is 14.3 Å². The molecule has 0 saturated carbocycles. The second-order valence-corrected chi connectivity index (χ2v) is 7.58. The number of amides is 1. The summed E-state index contributed by atoms with van der Waals surface area (Å²) < 4.78 is 6.67. The summed E-state index contributed by atoms with van der Waals surface area (Å²) in [6, 6.07) is 19.9. The van der Waals surface area contributed by atoms with Gasteiger partial charge in [0.05, 0.1) is 18.4 Å². The molecule has 0 aliphatic rings. The van der Waals surface area contributed by atoms with E-state index in [4.69, 9.17) is 0 Å². The molecule has 0 atom stereocenters. The highest BCUT2D eigenvalue weighted by atomic mass is 32.2. The third-order valence-electron chi connectivity index (χ3n) is 4.48. The Morgan fingerprint density at radius 2 is 1.73 bits per heavy atom. The van der Waals surface area contributed by atoms with Crippen molar-refractivity contribution in [1.82, 2.24) is 9.38 Å². The predicted octanol–water partition coefficient (Wildman–Crippen LogP) is 4.67. The van der Waals surface area contributed by atoms with E-state index in [0.717, 1.165) is 22.0 Å². The van der Waals surface area contributed by atoms with Gasteiger partial charge in [0.15, 0.2) is 0 Å². The molecule has 0 saturated heterocycles. The molecule has 4 aromatic rings. The van der Waals surface area contributed by atoms with Crippen molar-refractivity contribution in [3.05, 3.63) is 95.9 Å². The van der Waals surface area contributed by atoms with Crippen LogP contribution in [0.5, 0.6) is 0 Å². The molecule has 0 aliphatic heterocycles. The Morgan fingerprint density at radius 1 is 1.00 bits per heavy atom. The number of nitrogens with zero attached hydrogens (tertiary/aromatic N) is 2. The van der Waals surface area contributed by atoms with Gasteiger partial charge in [0.2, 0.25) is 0 Å². The Kier molecular flexibility index (Phi) is 5.81. The Balaban J connectivity index is 1.35. The number of hydrogen-bond donors (Lipinski definition) is 1. The zero-order valence-electron chi connectivity index (χ0n) is 16.2. The van der Waals surface area contributed by atoms with Gasteiger partial charge in [-0.15, -0.1) is 11.8 Å². The number of methoxy groups -OCH3 is 1. The minimum absolute atomic E-state index is 0.210. The lowest BCUT2D eigenvalue weighted by molar-refractivity contribution is 0.0600. The quantitative estimate of drug-likeness (QED) is 0.365. The van der Waals surface area contributed by atoms with Crippen molar-refractivity contribution in [2.45, 2.75) is 10.6 Å². The van der Waals surface area contributed by atoms with E-state index in [1.807, 2.05) is 47.1 Å². The summed E-state index contributed by atoms with van der Waals surface area (Å²) in [5, 5.41) is 2.82. The van der Waals surface area contributed by atoms with Gasteiger partial charge in [0.25, 0.3) is 5.91 Å². The third kappa shape index (κ3) is 4.52. The minimum atomic E-state index is -0.412. The number of hydrogen-bond acceptors (Lipinski definition) is 5. The molecule has 30 heavy (non-hydrogen) atoms. The summed E-state index contributed by atoms with van der Waals surface area (Å²) in [5.41, 5.74) is 3.53. The second-order valence-electron chi connectivity index (χ2n) is 6.53. The van der Waals surface area contributed by atoms with E-state index in [0.29, 0.717) is 16.8 Å². The molecular formula is C23H19N3O3S. The number of anilines is 1. The van der Waals surface area contributed by atoms with Crippen LogP contribution in [0, 0.1) is 0 Å². The van der Waals surface area contributed by atoms with E-state index in [1.165, 1.54) is 7.11 Å². The van der Waals surface area contributed by atoms with Crippen LogP contribution >= 0.6 is 11.8 Å². The maximum atomic E-state index is 12.5. The molecule has 0 aliphatic carbocycles. The maximum Gasteiger partial charge on any atom is 0.337 e. The Bertz CT molecular complexity index is 1150. The minimum Gasteiger partial charge on any atom is -0.465 e. The number of carbonyl (C=O) groups excluding carboxylic acids is 2. The first-order valence-corrected chi connectivity index (χ1v) is 10.3. The highest BCUT2D eigenvalue weighted by molar-refractivity contribution is 7.98. The first-order chi connectivity index (χ1) is 14.6. The summed E-state index contributed by atoms with van der Waals surface area (Å²) in [4.78, 5) is 29.6. The molecule has 0 unspecified atom stereocenters. The Hall–Kier alpha value is -3.58. The number of pyridine rings is 1. The zero-order valence-corrected chi connectivity index (χ0v) is 17.1. The Labute approximate surface area is 177 Å². The number of rotatable bonds is 6. The molecule has 0 fully saturated rings. The molecule has 4 rings (SSSR count). The largest absolute Gasteiger partial charge is 0.465 e. The molecule has 2 aromatic heterocycles. The molecule has 0 bridgehead atoms. The maximum absolute atomic E-state index is 12.5. The van der Waals surface area contributed by atoms with Gasteiger partial charge in [-0.1, -0.05) is 6.07 Å². The number of thioether (sulfide) groups is 1. The van der Waals surface area contributed by atoms with Crippen molar-refractivity contribution >= 4 is 35.0 Å². The van der Waals surface area contributed by atoms with Gasteiger partial charge >= 0.3 is 5.97 Å². The molecule has 1 N–H and O–H groups in total. The van der Waals surface area contributed by atoms with Gasteiger partial charge in [0.1, 0.15) is 5.65 Å². The molecule has 0 spiro atoms. The third-order valence-corrected chi connectivity index (χ3v) is 5.53. The van der Waals surface area contributed by atoms with Gasteiger partial charge in [0, 0.05) is 34.3 Å². The van der Waals surface area contributed by atoms with E-state index < -0.39 is 5.97 Å². The first kappa shape index (κ1) is 19.7. The molecule has 150 valence electrons. The summed E-state index contributed by atoms with van der Waals surface area (Å²) >= 11 is 1.67. The lowest BCUT2D eigenvalue weighted by Crippen LogP contribution is -2.12. The number of carbonyl (C=O) groups is 2. The summed E-state index contributed by atoms with van der Waals surface area (Å²) in [6.45, 7) is 0. The molecule has 2 heterocycles. The van der Waals surface area contributed by atoms with Crippen molar-refractivity contribution in [2.75, 3.05) is 12.4 Å². The normalized spacial score (nSPS) is 10.7. The molecule has 2 aromatic carbocycles. The number of fused-ring (bicyclic) bond motifs is 1. The fourth-order valence-corrected chi connectivity index (χ4v) is 3.71. The fourth-order valence-electron chi connectivity index (χ4n) is 2.93. The smallest absolute Gasteiger partial charge is 0.337 e. The molecule has 7 heteroatoms. The van der Waals surface area contributed by atoms with Gasteiger partial charge in [-0.25, -0.2) is 9.78 Å². The van der Waals surface area contributed by atoms with Crippen LogP contribution in [0.15, 0.2) is 84.0 Å². The van der Waals surface area contributed by atoms with Crippen LogP contribution in [0.3, 0.4) is 0 Å². The van der Waals surface area contributed by atoms with E-state index >= 15 is 0 Å². The van der Waals surface area contributed by atoms with Gasteiger partial charge in [-0.05, 0) is 60.7 Å². The van der Waals surface area contributed by atoms with Crippen molar-refractivity contribution in [3.63, 3.8) is 0 Å². The summed E-state index contributed by atoms with van der Waals surface area (Å²) in [6.07, 6.45) is 4.00. The molecule has 1 amide bonds. The number of ether oxygens (including phenoxy) is 1. The van der Waals surface area contributed by atoms with Gasteiger partial charge in [-0.3, -0.25) is 4.79 Å². The summed E-state index contributed by atoms with van der Waals surface area (Å²) in [7, 11) is 1.33. The van der Waals surface area contributed by atoms with Crippen LogP contribution in [0.25, 0.3) is 5.65 Å². The average Bonchev–Trinajstić information content (AvgIpc) is 3.21. The second kappa shape index (κ2) is 8.84. The SMILES string of the molecule is COC(=O)c1ccc(NC(=O)c2ccc(SCc3cn4ccccc4n3)cc2)cc1. The standard InChI is InChI=1S/C23H19N3O3S/c1-29-23(28)17-5-9-18(10-6-17)25-22(27)16-7-11-20(12-8-16)30-15-19-14-26-13-3-2-4-21(26)24-19/h2-14H,15H2,1H3,(H,25,27). The van der Waals surface area contributed by atoms with E-state index in [2.05, 4.69) is 15.0 Å². The molecule has 0 radical (unpaired) electrons. The van der Waals surface area contributed by atoms with E-state index in [1.54, 1.807) is 48.2 Å². The van der Waals surface area contributed by atoms with Crippen LogP contribution in [0.4, 0.5) is 5.69 Å².